The Morgan fingerprint density at radius 1 is 0.808 bits per heavy atom. The Kier molecular flexibility index (Phi) is 7.65. The van der Waals surface area contributed by atoms with Crippen LogP contribution in [0.2, 0.25) is 0 Å². The van der Waals surface area contributed by atoms with E-state index in [4.69, 9.17) is 32.7 Å². The van der Waals surface area contributed by atoms with Crippen LogP contribution < -0.4 is 9.47 Å². The van der Waals surface area contributed by atoms with Crippen molar-refractivity contribution in [1.82, 2.24) is 0 Å². The molecule has 138 valence electrons. The zero-order chi connectivity index (χ0) is 19.4. The number of benzene rings is 2. The first-order valence-corrected chi connectivity index (χ1v) is 10.2. The van der Waals surface area contributed by atoms with Crippen LogP contribution in [0, 0.1) is 0 Å². The van der Waals surface area contributed by atoms with Gasteiger partial charge in [0.15, 0.2) is 11.1 Å². The number of rotatable bonds is 7. The second-order valence-corrected chi connectivity index (χ2v) is 8.35. The van der Waals surface area contributed by atoms with Gasteiger partial charge in [-0.25, -0.2) is 0 Å². The summed E-state index contributed by atoms with van der Waals surface area (Å²) < 4.78 is 13.0. The molecule has 0 saturated carbocycles. The minimum Gasteiger partial charge on any atom is -0.469 e. The highest BCUT2D eigenvalue weighted by atomic mass is 79.9. The van der Waals surface area contributed by atoms with Gasteiger partial charge in [0.1, 0.15) is 11.5 Å². The van der Waals surface area contributed by atoms with Gasteiger partial charge < -0.3 is 9.47 Å². The Morgan fingerprint density at radius 2 is 1.15 bits per heavy atom. The monoisotopic (exact) mass is 518 g/mol. The van der Waals surface area contributed by atoms with Gasteiger partial charge in [0.2, 0.25) is 0 Å². The normalized spacial score (nSPS) is 13.0. The van der Waals surface area contributed by atoms with Crippen LogP contribution in [-0.2, 0) is 0 Å². The summed E-state index contributed by atoms with van der Waals surface area (Å²) in [7, 11) is 0. The second kappa shape index (κ2) is 9.32. The van der Waals surface area contributed by atoms with Crippen LogP contribution in [-0.4, -0.2) is 11.1 Å². The highest BCUT2D eigenvalue weighted by Gasteiger charge is 2.13. The van der Waals surface area contributed by atoms with Gasteiger partial charge in [0.25, 0.3) is 0 Å². The molecule has 0 radical (unpaired) electrons. The molecule has 26 heavy (non-hydrogen) atoms. The van der Waals surface area contributed by atoms with Crippen molar-refractivity contribution in [2.75, 3.05) is 0 Å². The third-order valence-electron chi connectivity index (χ3n) is 3.43. The predicted octanol–water partition coefficient (Wildman–Crippen LogP) is 7.92. The minimum absolute atomic E-state index is 0.570. The molecular formula is C20H18Br2Cl2O2. The van der Waals surface area contributed by atoms with E-state index in [-0.39, 0.29) is 0 Å². The summed E-state index contributed by atoms with van der Waals surface area (Å²) in [5.74, 6) is 1.31. The molecule has 6 heteroatoms. The highest BCUT2D eigenvalue weighted by molar-refractivity contribution is 9.11. The Morgan fingerprint density at radius 3 is 1.42 bits per heavy atom. The van der Waals surface area contributed by atoms with Crippen molar-refractivity contribution in [2.45, 2.75) is 25.0 Å². The van der Waals surface area contributed by atoms with Crippen molar-refractivity contribution < 1.29 is 9.47 Å². The van der Waals surface area contributed by atoms with Crippen LogP contribution in [0.4, 0.5) is 0 Å². The lowest BCUT2D eigenvalue weighted by Crippen LogP contribution is -2.09. The van der Waals surface area contributed by atoms with Crippen LogP contribution in [0.5, 0.6) is 11.5 Å². The topological polar surface area (TPSA) is 18.5 Å². The maximum Gasteiger partial charge on any atom is 0.193 e. The number of halogens is 4. The molecule has 0 heterocycles. The van der Waals surface area contributed by atoms with E-state index in [0.29, 0.717) is 11.5 Å². The zero-order valence-corrected chi connectivity index (χ0v) is 19.0. The summed E-state index contributed by atoms with van der Waals surface area (Å²) >= 11 is 19.3. The van der Waals surface area contributed by atoms with E-state index in [1.807, 2.05) is 50.2 Å². The van der Waals surface area contributed by atoms with Gasteiger partial charge in [0, 0.05) is 0 Å². The molecule has 0 aromatic heterocycles. The number of hydrogen-bond donors (Lipinski definition) is 0. The fourth-order valence-electron chi connectivity index (χ4n) is 1.98. The van der Waals surface area contributed by atoms with Crippen molar-refractivity contribution in [3.8, 4) is 22.6 Å². The van der Waals surface area contributed by atoms with Crippen molar-refractivity contribution in [2.24, 2.45) is 0 Å². The molecule has 2 nitrogen and oxygen atoms in total. The Balaban J connectivity index is 2.23. The number of ether oxygens (including phenoxy) is 2. The molecule has 0 aliphatic heterocycles. The molecule has 0 saturated heterocycles. The van der Waals surface area contributed by atoms with Gasteiger partial charge in [0.05, 0.1) is 8.95 Å². The van der Waals surface area contributed by atoms with E-state index >= 15 is 0 Å². The molecular weight excluding hydrogens is 503 g/mol. The number of hydrogen-bond acceptors (Lipinski definition) is 2. The number of alkyl halides is 2. The molecule has 2 unspecified atom stereocenters. The first-order chi connectivity index (χ1) is 12.2. The predicted molar refractivity (Wildman–Crippen MR) is 117 cm³/mol. The largest absolute Gasteiger partial charge is 0.469 e. The van der Waals surface area contributed by atoms with Crippen LogP contribution >= 0.6 is 55.1 Å². The molecule has 0 aliphatic carbocycles. The fourth-order valence-corrected chi connectivity index (χ4v) is 3.11. The van der Waals surface area contributed by atoms with Crippen molar-refractivity contribution in [1.29, 1.82) is 0 Å². The maximum absolute atomic E-state index is 6.10. The maximum atomic E-state index is 6.10. The van der Waals surface area contributed by atoms with Crippen molar-refractivity contribution in [3.05, 3.63) is 69.6 Å². The molecule has 0 bridgehead atoms. The van der Waals surface area contributed by atoms with Gasteiger partial charge in [-0.1, -0.05) is 48.5 Å². The lowest BCUT2D eigenvalue weighted by molar-refractivity contribution is 0.313. The SMILES string of the molecule is C=C(C)C(Cl)Oc1ccc(-c2ccc(OC(Cl)C(=C)C)c(Br)c2)cc1Br. The van der Waals surface area contributed by atoms with Crippen molar-refractivity contribution in [3.63, 3.8) is 0 Å². The van der Waals surface area contributed by atoms with E-state index in [1.54, 1.807) is 0 Å². The average Bonchev–Trinajstić information content (AvgIpc) is 2.58. The summed E-state index contributed by atoms with van der Waals surface area (Å²) in [5, 5.41) is 0. The Labute approximate surface area is 181 Å². The molecule has 0 N–H and O–H groups in total. The molecule has 0 amide bonds. The molecule has 0 spiro atoms. The van der Waals surface area contributed by atoms with E-state index < -0.39 is 11.1 Å². The second-order valence-electron chi connectivity index (χ2n) is 5.85. The molecule has 0 aliphatic rings. The molecule has 2 rings (SSSR count). The van der Waals surface area contributed by atoms with Gasteiger partial charge in [-0.3, -0.25) is 0 Å². The van der Waals surface area contributed by atoms with E-state index in [9.17, 15) is 0 Å². The third kappa shape index (κ3) is 5.53. The van der Waals surface area contributed by atoms with Crippen LogP contribution in [0.1, 0.15) is 13.8 Å². The summed E-state index contributed by atoms with van der Waals surface area (Å²) in [6.07, 6.45) is 0. The van der Waals surface area contributed by atoms with Gasteiger partial charge in [-0.2, -0.15) is 0 Å². The zero-order valence-electron chi connectivity index (χ0n) is 14.4. The summed E-state index contributed by atoms with van der Waals surface area (Å²) in [6.45, 7) is 11.2. The molecule has 0 fully saturated rings. The smallest absolute Gasteiger partial charge is 0.193 e. The third-order valence-corrected chi connectivity index (χ3v) is 5.60. The van der Waals surface area contributed by atoms with Gasteiger partial charge in [-0.15, -0.1) is 0 Å². The van der Waals surface area contributed by atoms with E-state index in [1.165, 1.54) is 0 Å². The first kappa shape index (κ1) is 21.4. The Bertz CT molecular complexity index is 767. The standard InChI is InChI=1S/C20H18Br2Cl2O2/c1-11(2)19(23)25-17-7-5-13(9-15(17)21)14-6-8-18(16(22)10-14)26-20(24)12(3)4/h5-10,19-20H,1,3H2,2,4H3. The summed E-state index contributed by atoms with van der Waals surface area (Å²) in [5.41, 5.74) is 2.38. The first-order valence-electron chi connectivity index (χ1n) is 7.70. The lowest BCUT2D eigenvalue weighted by atomic mass is 10.1. The fraction of sp³-hybridized carbons (Fsp3) is 0.200. The molecule has 2 aromatic carbocycles. The summed E-state index contributed by atoms with van der Waals surface area (Å²) in [4.78, 5) is 0. The summed E-state index contributed by atoms with van der Waals surface area (Å²) in [6, 6.07) is 11.6. The van der Waals surface area contributed by atoms with E-state index in [2.05, 4.69) is 45.0 Å². The highest BCUT2D eigenvalue weighted by Crippen LogP contribution is 2.36. The Hall–Kier alpha value is -0.940. The lowest BCUT2D eigenvalue weighted by Gasteiger charge is -2.16. The minimum atomic E-state index is -0.570. The average molecular weight is 521 g/mol. The molecule has 2 aromatic rings. The van der Waals surface area contributed by atoms with Crippen LogP contribution in [0.15, 0.2) is 69.6 Å². The molecule has 2 atom stereocenters. The van der Waals surface area contributed by atoms with Crippen LogP contribution in [0.3, 0.4) is 0 Å². The van der Waals surface area contributed by atoms with Crippen molar-refractivity contribution >= 4 is 55.1 Å². The van der Waals surface area contributed by atoms with E-state index in [0.717, 1.165) is 31.2 Å². The van der Waals surface area contributed by atoms with Crippen LogP contribution in [0.25, 0.3) is 11.1 Å². The van der Waals surface area contributed by atoms with Gasteiger partial charge in [-0.05, 0) is 92.2 Å². The van der Waals surface area contributed by atoms with Gasteiger partial charge >= 0.3 is 0 Å². The quantitative estimate of drug-likeness (QED) is 0.273.